The third kappa shape index (κ3) is 3.93. The van der Waals surface area contributed by atoms with Gasteiger partial charge in [-0.3, -0.25) is 4.79 Å². The summed E-state index contributed by atoms with van der Waals surface area (Å²) in [5.41, 5.74) is 2.38. The lowest BCUT2D eigenvalue weighted by Crippen LogP contribution is -3.13. The third-order valence-electron chi connectivity index (χ3n) is 5.58. The van der Waals surface area contributed by atoms with E-state index in [2.05, 4.69) is 31.2 Å². The molecule has 0 saturated carbocycles. The van der Waals surface area contributed by atoms with Crippen LogP contribution in [0.2, 0.25) is 0 Å². The van der Waals surface area contributed by atoms with Crippen molar-refractivity contribution in [2.45, 2.75) is 25.8 Å². The zero-order chi connectivity index (χ0) is 18.6. The molecule has 2 heterocycles. The Bertz CT molecular complexity index is 785. The molecule has 0 bridgehead atoms. The number of amides is 1. The molecule has 0 unspecified atom stereocenters. The fourth-order valence-electron chi connectivity index (χ4n) is 4.02. The third-order valence-corrected chi connectivity index (χ3v) is 5.58. The average Bonchev–Trinajstić information content (AvgIpc) is 3.18. The molecule has 0 aromatic heterocycles. The Labute approximate surface area is 160 Å². The van der Waals surface area contributed by atoms with Crippen molar-refractivity contribution in [1.82, 2.24) is 4.90 Å². The highest BCUT2D eigenvalue weighted by atomic mass is 16.7. The van der Waals surface area contributed by atoms with Gasteiger partial charge in [-0.15, -0.1) is 0 Å². The van der Waals surface area contributed by atoms with E-state index in [1.54, 1.807) is 0 Å². The molecule has 5 heteroatoms. The van der Waals surface area contributed by atoms with Crippen molar-refractivity contribution < 1.29 is 19.2 Å². The summed E-state index contributed by atoms with van der Waals surface area (Å²) in [5, 5.41) is 0. The highest BCUT2D eigenvalue weighted by Crippen LogP contribution is 2.32. The van der Waals surface area contributed by atoms with Gasteiger partial charge in [0.15, 0.2) is 11.5 Å². The van der Waals surface area contributed by atoms with Crippen molar-refractivity contribution in [1.29, 1.82) is 0 Å². The molecule has 1 fully saturated rings. The quantitative estimate of drug-likeness (QED) is 0.877. The van der Waals surface area contributed by atoms with E-state index in [1.807, 2.05) is 29.2 Å². The second-order valence-electron chi connectivity index (χ2n) is 7.31. The van der Waals surface area contributed by atoms with Crippen LogP contribution in [0.15, 0.2) is 48.5 Å². The Morgan fingerprint density at radius 2 is 1.81 bits per heavy atom. The first-order valence-electron chi connectivity index (χ1n) is 9.80. The second-order valence-corrected chi connectivity index (χ2v) is 7.31. The Morgan fingerprint density at radius 1 is 1.07 bits per heavy atom. The van der Waals surface area contributed by atoms with Crippen molar-refractivity contribution in [3.05, 3.63) is 59.7 Å². The van der Waals surface area contributed by atoms with Gasteiger partial charge in [-0.2, -0.15) is 0 Å². The SMILES string of the molecule is CC[C@@H](C(=O)N1CC[NH+](Cc2ccc3c(c2)OCO3)CC1)c1ccccc1. The average molecular weight is 367 g/mol. The summed E-state index contributed by atoms with van der Waals surface area (Å²) in [6.07, 6.45) is 0.840. The molecule has 1 atom stereocenters. The fourth-order valence-corrected chi connectivity index (χ4v) is 4.02. The molecule has 0 radical (unpaired) electrons. The molecule has 27 heavy (non-hydrogen) atoms. The number of nitrogens with one attached hydrogen (secondary N) is 1. The number of piperazine rings is 1. The van der Waals surface area contributed by atoms with Gasteiger partial charge < -0.3 is 19.3 Å². The minimum absolute atomic E-state index is 0.0263. The van der Waals surface area contributed by atoms with Crippen LogP contribution in [0.3, 0.4) is 0 Å². The van der Waals surface area contributed by atoms with Crippen molar-refractivity contribution >= 4 is 5.91 Å². The Morgan fingerprint density at radius 3 is 2.56 bits per heavy atom. The molecule has 0 aliphatic carbocycles. The van der Waals surface area contributed by atoms with Gasteiger partial charge in [0, 0.05) is 5.56 Å². The lowest BCUT2D eigenvalue weighted by atomic mass is 9.95. The van der Waals surface area contributed by atoms with E-state index in [9.17, 15) is 4.79 Å². The molecule has 2 aliphatic rings. The maximum absolute atomic E-state index is 13.0. The van der Waals surface area contributed by atoms with Crippen LogP contribution in [0.25, 0.3) is 0 Å². The monoisotopic (exact) mass is 367 g/mol. The van der Waals surface area contributed by atoms with Gasteiger partial charge >= 0.3 is 0 Å². The molecule has 4 rings (SSSR count). The number of ether oxygens (including phenoxy) is 2. The normalized spacial score (nSPS) is 17.7. The van der Waals surface area contributed by atoms with E-state index in [0.717, 1.165) is 56.2 Å². The lowest BCUT2D eigenvalue weighted by Gasteiger charge is -2.34. The van der Waals surface area contributed by atoms with Gasteiger partial charge in [-0.05, 0) is 30.2 Å². The first-order valence-corrected chi connectivity index (χ1v) is 9.80. The predicted molar refractivity (Wildman–Crippen MR) is 103 cm³/mol. The topological polar surface area (TPSA) is 43.2 Å². The highest BCUT2D eigenvalue weighted by molar-refractivity contribution is 5.83. The van der Waals surface area contributed by atoms with Crippen molar-refractivity contribution in [2.24, 2.45) is 0 Å². The first kappa shape index (κ1) is 17.9. The fraction of sp³-hybridized carbons (Fsp3) is 0.409. The van der Waals surface area contributed by atoms with Crippen LogP contribution in [-0.4, -0.2) is 43.8 Å². The molecule has 142 valence electrons. The zero-order valence-electron chi connectivity index (χ0n) is 15.8. The number of hydrogen-bond donors (Lipinski definition) is 1. The summed E-state index contributed by atoms with van der Waals surface area (Å²) in [4.78, 5) is 16.6. The van der Waals surface area contributed by atoms with Gasteiger partial charge in [0.1, 0.15) is 6.54 Å². The maximum atomic E-state index is 13.0. The van der Waals surface area contributed by atoms with Crippen molar-refractivity contribution in [3.63, 3.8) is 0 Å². The maximum Gasteiger partial charge on any atom is 0.231 e. The Kier molecular flexibility index (Phi) is 5.30. The molecule has 1 amide bonds. The lowest BCUT2D eigenvalue weighted by molar-refractivity contribution is -0.917. The van der Waals surface area contributed by atoms with E-state index in [1.165, 1.54) is 10.5 Å². The Balaban J connectivity index is 1.34. The minimum atomic E-state index is -0.0263. The van der Waals surface area contributed by atoms with Gasteiger partial charge in [0.05, 0.1) is 32.1 Å². The standard InChI is InChI=1S/C22H26N2O3/c1-2-19(18-6-4-3-5-7-18)22(25)24-12-10-23(11-13-24)15-17-8-9-20-21(14-17)27-16-26-20/h3-9,14,19H,2,10-13,15-16H2,1H3/p+1/t19-/m1/s1. The van der Waals surface area contributed by atoms with Crippen LogP contribution < -0.4 is 14.4 Å². The molecular weight excluding hydrogens is 340 g/mol. The minimum Gasteiger partial charge on any atom is -0.454 e. The smallest absolute Gasteiger partial charge is 0.231 e. The van der Waals surface area contributed by atoms with Gasteiger partial charge in [-0.1, -0.05) is 37.3 Å². The number of fused-ring (bicyclic) bond motifs is 1. The number of carbonyl (C=O) groups is 1. The summed E-state index contributed by atoms with van der Waals surface area (Å²) in [6, 6.07) is 16.3. The number of carbonyl (C=O) groups excluding carboxylic acids is 1. The zero-order valence-corrected chi connectivity index (χ0v) is 15.8. The predicted octanol–water partition coefficient (Wildman–Crippen LogP) is 1.84. The van der Waals surface area contributed by atoms with Crippen molar-refractivity contribution in [3.8, 4) is 11.5 Å². The van der Waals surface area contributed by atoms with Crippen LogP contribution in [0.5, 0.6) is 11.5 Å². The van der Waals surface area contributed by atoms with E-state index >= 15 is 0 Å². The number of benzene rings is 2. The molecule has 1 N–H and O–H groups in total. The molecule has 2 aromatic carbocycles. The largest absolute Gasteiger partial charge is 0.454 e. The van der Waals surface area contributed by atoms with E-state index in [-0.39, 0.29) is 11.8 Å². The van der Waals surface area contributed by atoms with E-state index in [4.69, 9.17) is 9.47 Å². The van der Waals surface area contributed by atoms with Gasteiger partial charge in [0.25, 0.3) is 0 Å². The number of nitrogens with zero attached hydrogens (tertiary/aromatic N) is 1. The molecular formula is C22H27N2O3+. The summed E-state index contributed by atoms with van der Waals surface area (Å²) in [5.74, 6) is 1.91. The molecule has 0 spiro atoms. The number of quaternary nitrogens is 1. The Hall–Kier alpha value is -2.53. The van der Waals surface area contributed by atoms with Crippen LogP contribution >= 0.6 is 0 Å². The van der Waals surface area contributed by atoms with E-state index in [0.29, 0.717) is 6.79 Å². The van der Waals surface area contributed by atoms with Gasteiger partial charge in [-0.25, -0.2) is 0 Å². The summed E-state index contributed by atoms with van der Waals surface area (Å²) < 4.78 is 10.9. The second kappa shape index (κ2) is 8.01. The van der Waals surface area contributed by atoms with Crippen LogP contribution in [-0.2, 0) is 11.3 Å². The summed E-state index contributed by atoms with van der Waals surface area (Å²) >= 11 is 0. The number of rotatable bonds is 5. The van der Waals surface area contributed by atoms with Crippen LogP contribution in [0.1, 0.15) is 30.4 Å². The summed E-state index contributed by atoms with van der Waals surface area (Å²) in [6.45, 7) is 6.96. The van der Waals surface area contributed by atoms with Crippen LogP contribution in [0.4, 0.5) is 0 Å². The van der Waals surface area contributed by atoms with Crippen LogP contribution in [0, 0.1) is 0 Å². The molecule has 2 aliphatic heterocycles. The number of hydrogen-bond acceptors (Lipinski definition) is 3. The van der Waals surface area contributed by atoms with E-state index < -0.39 is 0 Å². The van der Waals surface area contributed by atoms with Gasteiger partial charge in [0.2, 0.25) is 12.7 Å². The molecule has 5 nitrogen and oxygen atoms in total. The molecule has 2 aromatic rings. The molecule has 1 saturated heterocycles. The first-order chi connectivity index (χ1) is 13.2. The van der Waals surface area contributed by atoms with Crippen molar-refractivity contribution in [2.75, 3.05) is 33.0 Å². The highest BCUT2D eigenvalue weighted by Gasteiger charge is 2.29. The summed E-state index contributed by atoms with van der Waals surface area (Å²) in [7, 11) is 0.